The number of para-hydroxylation sites is 1. The van der Waals surface area contributed by atoms with Gasteiger partial charge in [-0.25, -0.2) is 0 Å². The quantitative estimate of drug-likeness (QED) is 0.648. The fourth-order valence-corrected chi connectivity index (χ4v) is 2.23. The normalized spacial score (nSPS) is 10.7. The summed E-state index contributed by atoms with van der Waals surface area (Å²) in [5, 5.41) is 0.903. The first kappa shape index (κ1) is 11.7. The lowest BCUT2D eigenvalue weighted by Gasteiger charge is -2.00. The van der Waals surface area contributed by atoms with Crippen molar-refractivity contribution in [2.75, 3.05) is 0 Å². The van der Waals surface area contributed by atoms with Crippen LogP contribution < -0.4 is 0 Å². The number of aryl methyl sites for hydroxylation is 1. The first-order valence-electron chi connectivity index (χ1n) is 6.38. The third-order valence-corrected chi connectivity index (χ3v) is 3.26. The second kappa shape index (κ2) is 5.11. The van der Waals surface area contributed by atoms with Crippen molar-refractivity contribution >= 4 is 16.8 Å². The summed E-state index contributed by atoms with van der Waals surface area (Å²) < 4.78 is 5.40. The molecule has 0 amide bonds. The summed E-state index contributed by atoms with van der Waals surface area (Å²) >= 11 is 0. The van der Waals surface area contributed by atoms with Gasteiger partial charge in [0.25, 0.3) is 0 Å². The van der Waals surface area contributed by atoms with Crippen molar-refractivity contribution in [3.63, 3.8) is 0 Å². The standard InChI is InChI=1S/C17H14O2/c18-16(11-10-13-6-2-1-3-7-13)15-12-19-17-9-5-4-8-14(15)17/h1-9,12H,10-11H2. The molecule has 0 bridgehead atoms. The third kappa shape index (κ3) is 2.43. The van der Waals surface area contributed by atoms with E-state index in [4.69, 9.17) is 4.42 Å². The first-order chi connectivity index (χ1) is 9.34. The molecule has 0 N–H and O–H groups in total. The Morgan fingerprint density at radius 1 is 0.947 bits per heavy atom. The highest BCUT2D eigenvalue weighted by Crippen LogP contribution is 2.22. The molecule has 94 valence electrons. The summed E-state index contributed by atoms with van der Waals surface area (Å²) in [6.07, 6.45) is 2.84. The highest BCUT2D eigenvalue weighted by atomic mass is 16.3. The van der Waals surface area contributed by atoms with E-state index in [1.165, 1.54) is 5.56 Å². The van der Waals surface area contributed by atoms with E-state index in [9.17, 15) is 4.79 Å². The maximum atomic E-state index is 12.2. The highest BCUT2D eigenvalue weighted by molar-refractivity contribution is 6.07. The van der Waals surface area contributed by atoms with Gasteiger partial charge in [-0.1, -0.05) is 48.5 Å². The summed E-state index contributed by atoms with van der Waals surface area (Å²) in [6.45, 7) is 0. The second-order valence-electron chi connectivity index (χ2n) is 4.55. The molecule has 3 rings (SSSR count). The van der Waals surface area contributed by atoms with Crippen molar-refractivity contribution in [3.05, 3.63) is 72.0 Å². The smallest absolute Gasteiger partial charge is 0.167 e. The van der Waals surface area contributed by atoms with Crippen LogP contribution >= 0.6 is 0 Å². The zero-order chi connectivity index (χ0) is 13.1. The van der Waals surface area contributed by atoms with E-state index in [0.717, 1.165) is 17.4 Å². The molecule has 0 unspecified atom stereocenters. The number of ketones is 1. The van der Waals surface area contributed by atoms with E-state index < -0.39 is 0 Å². The molecule has 19 heavy (non-hydrogen) atoms. The van der Waals surface area contributed by atoms with Gasteiger partial charge in [0.15, 0.2) is 5.78 Å². The molecule has 2 heteroatoms. The van der Waals surface area contributed by atoms with Gasteiger partial charge in [-0.3, -0.25) is 4.79 Å². The Labute approximate surface area is 111 Å². The summed E-state index contributed by atoms with van der Waals surface area (Å²) in [4.78, 5) is 12.2. The van der Waals surface area contributed by atoms with Crippen LogP contribution in [-0.2, 0) is 6.42 Å². The van der Waals surface area contributed by atoms with Gasteiger partial charge in [0.2, 0.25) is 0 Å². The van der Waals surface area contributed by atoms with Crippen LogP contribution in [0.4, 0.5) is 0 Å². The Bertz CT molecular complexity index is 695. The topological polar surface area (TPSA) is 30.2 Å². The van der Waals surface area contributed by atoms with Crippen LogP contribution in [0.3, 0.4) is 0 Å². The molecule has 0 aliphatic heterocycles. The van der Waals surface area contributed by atoms with Crippen LogP contribution in [0, 0.1) is 0 Å². The lowest BCUT2D eigenvalue weighted by Crippen LogP contribution is -2.00. The fraction of sp³-hybridized carbons (Fsp3) is 0.118. The molecule has 1 heterocycles. The van der Waals surface area contributed by atoms with Gasteiger partial charge in [0, 0.05) is 11.8 Å². The van der Waals surface area contributed by atoms with Crippen molar-refractivity contribution in [2.45, 2.75) is 12.8 Å². The Hall–Kier alpha value is -2.35. The van der Waals surface area contributed by atoms with Crippen molar-refractivity contribution in [2.24, 2.45) is 0 Å². The highest BCUT2D eigenvalue weighted by Gasteiger charge is 2.12. The average Bonchev–Trinajstić information content (AvgIpc) is 2.90. The molecule has 0 spiro atoms. The van der Waals surface area contributed by atoms with E-state index in [-0.39, 0.29) is 5.78 Å². The van der Waals surface area contributed by atoms with Gasteiger partial charge in [-0.05, 0) is 18.1 Å². The van der Waals surface area contributed by atoms with E-state index in [1.54, 1.807) is 6.26 Å². The Kier molecular flexibility index (Phi) is 3.15. The Balaban J connectivity index is 1.77. The van der Waals surface area contributed by atoms with Crippen LogP contribution in [0.15, 0.2) is 65.3 Å². The zero-order valence-corrected chi connectivity index (χ0v) is 10.5. The molecule has 3 aromatic rings. The molecule has 0 aliphatic carbocycles. The van der Waals surface area contributed by atoms with Crippen molar-refractivity contribution in [3.8, 4) is 0 Å². The first-order valence-corrected chi connectivity index (χ1v) is 6.38. The van der Waals surface area contributed by atoms with Gasteiger partial charge in [0.05, 0.1) is 5.56 Å². The number of fused-ring (bicyclic) bond motifs is 1. The van der Waals surface area contributed by atoms with Crippen molar-refractivity contribution in [1.82, 2.24) is 0 Å². The van der Waals surface area contributed by atoms with E-state index in [2.05, 4.69) is 0 Å². The van der Waals surface area contributed by atoms with Crippen LogP contribution in [0.25, 0.3) is 11.0 Å². The maximum Gasteiger partial charge on any atom is 0.167 e. The number of hydrogen-bond acceptors (Lipinski definition) is 2. The fourth-order valence-electron chi connectivity index (χ4n) is 2.23. The number of carbonyl (C=O) groups is 1. The lowest BCUT2D eigenvalue weighted by molar-refractivity contribution is 0.0983. The minimum atomic E-state index is 0.133. The van der Waals surface area contributed by atoms with E-state index >= 15 is 0 Å². The minimum Gasteiger partial charge on any atom is -0.464 e. The van der Waals surface area contributed by atoms with Gasteiger partial charge >= 0.3 is 0 Å². The second-order valence-corrected chi connectivity index (χ2v) is 4.55. The molecule has 2 aromatic carbocycles. The lowest BCUT2D eigenvalue weighted by atomic mass is 10.0. The predicted molar refractivity (Wildman–Crippen MR) is 75.3 cm³/mol. The molecular formula is C17H14O2. The maximum absolute atomic E-state index is 12.2. The van der Waals surface area contributed by atoms with Gasteiger partial charge in [0.1, 0.15) is 11.8 Å². The number of Topliss-reactive ketones (excluding diaryl/α,β-unsaturated/α-hetero) is 1. The van der Waals surface area contributed by atoms with Gasteiger partial charge in [-0.2, -0.15) is 0 Å². The third-order valence-electron chi connectivity index (χ3n) is 3.26. The molecule has 2 nitrogen and oxygen atoms in total. The van der Waals surface area contributed by atoms with Crippen LogP contribution in [0.5, 0.6) is 0 Å². The number of benzene rings is 2. The number of carbonyl (C=O) groups excluding carboxylic acids is 1. The van der Waals surface area contributed by atoms with Crippen molar-refractivity contribution in [1.29, 1.82) is 0 Å². The van der Waals surface area contributed by atoms with Crippen LogP contribution in [0.1, 0.15) is 22.3 Å². The molecule has 0 aliphatic rings. The van der Waals surface area contributed by atoms with Gasteiger partial charge in [-0.15, -0.1) is 0 Å². The van der Waals surface area contributed by atoms with Crippen LogP contribution in [-0.4, -0.2) is 5.78 Å². The predicted octanol–water partition coefficient (Wildman–Crippen LogP) is 4.25. The largest absolute Gasteiger partial charge is 0.464 e. The molecule has 0 atom stereocenters. The van der Waals surface area contributed by atoms with Crippen LogP contribution in [0.2, 0.25) is 0 Å². The molecule has 0 radical (unpaired) electrons. The van der Waals surface area contributed by atoms with Gasteiger partial charge < -0.3 is 4.42 Å². The summed E-state index contributed by atoms with van der Waals surface area (Å²) in [5.74, 6) is 0.133. The van der Waals surface area contributed by atoms with E-state index in [1.807, 2.05) is 54.6 Å². The molecule has 1 aromatic heterocycles. The summed E-state index contributed by atoms with van der Waals surface area (Å²) in [5.41, 5.74) is 2.64. The Morgan fingerprint density at radius 2 is 1.68 bits per heavy atom. The van der Waals surface area contributed by atoms with Crippen molar-refractivity contribution < 1.29 is 9.21 Å². The van der Waals surface area contributed by atoms with E-state index in [0.29, 0.717) is 12.0 Å². The summed E-state index contributed by atoms with van der Waals surface area (Å²) in [7, 11) is 0. The molecule has 0 saturated heterocycles. The minimum absolute atomic E-state index is 0.133. The molecule has 0 fully saturated rings. The summed E-state index contributed by atoms with van der Waals surface area (Å²) in [6, 6.07) is 17.7. The monoisotopic (exact) mass is 250 g/mol. The zero-order valence-electron chi connectivity index (χ0n) is 10.5. The number of furan rings is 1. The SMILES string of the molecule is O=C(CCc1ccccc1)c1coc2ccccc12. The number of hydrogen-bond donors (Lipinski definition) is 0. The Morgan fingerprint density at radius 3 is 2.53 bits per heavy atom. The molecular weight excluding hydrogens is 236 g/mol. The molecule has 0 saturated carbocycles. The average molecular weight is 250 g/mol. The number of rotatable bonds is 4.